The summed E-state index contributed by atoms with van der Waals surface area (Å²) in [6.07, 6.45) is 1.36. The van der Waals surface area contributed by atoms with Crippen molar-refractivity contribution in [1.29, 1.82) is 0 Å². The minimum absolute atomic E-state index is 0.0601. The number of anilines is 1. The molecule has 0 spiro atoms. The third-order valence-electron chi connectivity index (χ3n) is 6.52. The van der Waals surface area contributed by atoms with Crippen molar-refractivity contribution in [2.45, 2.75) is 72.0 Å². The van der Waals surface area contributed by atoms with Crippen LogP contribution in [0.3, 0.4) is 0 Å². The van der Waals surface area contributed by atoms with Crippen LogP contribution in [-0.2, 0) is 22.6 Å². The van der Waals surface area contributed by atoms with E-state index in [4.69, 9.17) is 4.98 Å². The number of para-hydroxylation sites is 2. The highest BCUT2D eigenvalue weighted by atomic mass is 16.2. The van der Waals surface area contributed by atoms with Gasteiger partial charge in [0.1, 0.15) is 12.4 Å². The molecule has 6 heteroatoms. The van der Waals surface area contributed by atoms with Crippen LogP contribution in [0.2, 0.25) is 0 Å². The van der Waals surface area contributed by atoms with Crippen molar-refractivity contribution in [3.05, 3.63) is 59.9 Å². The third kappa shape index (κ3) is 4.52. The van der Waals surface area contributed by atoms with Gasteiger partial charge < -0.3 is 14.4 Å². The molecule has 2 heterocycles. The van der Waals surface area contributed by atoms with Crippen molar-refractivity contribution >= 4 is 28.5 Å². The Morgan fingerprint density at radius 1 is 1.06 bits per heavy atom. The van der Waals surface area contributed by atoms with Crippen LogP contribution < -0.4 is 4.90 Å². The molecule has 1 aliphatic rings. The normalized spacial score (nSPS) is 16.4. The molecule has 2 amide bonds. The number of rotatable bonds is 7. The maximum Gasteiger partial charge on any atom is 0.243 e. The third-order valence-corrected chi connectivity index (χ3v) is 6.52. The van der Waals surface area contributed by atoms with E-state index in [1.165, 1.54) is 5.56 Å². The van der Waals surface area contributed by atoms with Crippen LogP contribution in [0.15, 0.2) is 48.5 Å². The molecule has 0 N–H and O–H groups in total. The van der Waals surface area contributed by atoms with E-state index >= 15 is 0 Å². The fourth-order valence-electron chi connectivity index (χ4n) is 5.00. The summed E-state index contributed by atoms with van der Waals surface area (Å²) >= 11 is 0. The van der Waals surface area contributed by atoms with Crippen LogP contribution >= 0.6 is 0 Å². The predicted molar refractivity (Wildman–Crippen MR) is 132 cm³/mol. The molecule has 2 aromatic carbocycles. The van der Waals surface area contributed by atoms with Gasteiger partial charge in [0.25, 0.3) is 0 Å². The van der Waals surface area contributed by atoms with E-state index in [-0.39, 0.29) is 36.4 Å². The van der Waals surface area contributed by atoms with Crippen molar-refractivity contribution in [3.63, 3.8) is 0 Å². The molecule has 0 radical (unpaired) electrons. The molecule has 3 aromatic rings. The number of imidazole rings is 1. The zero-order valence-electron chi connectivity index (χ0n) is 20.3. The lowest BCUT2D eigenvalue weighted by atomic mass is 10.1. The molecule has 1 saturated heterocycles. The Bertz CT molecular complexity index is 1140. The highest BCUT2D eigenvalue weighted by Crippen LogP contribution is 2.33. The van der Waals surface area contributed by atoms with E-state index in [0.717, 1.165) is 29.0 Å². The first-order chi connectivity index (χ1) is 15.8. The summed E-state index contributed by atoms with van der Waals surface area (Å²) in [7, 11) is 0. The first-order valence-electron chi connectivity index (χ1n) is 12.0. The van der Waals surface area contributed by atoms with Crippen LogP contribution in [0, 0.1) is 0 Å². The smallest absolute Gasteiger partial charge is 0.243 e. The second kappa shape index (κ2) is 9.38. The summed E-state index contributed by atoms with van der Waals surface area (Å²) in [6, 6.07) is 16.3. The largest absolute Gasteiger partial charge is 0.336 e. The van der Waals surface area contributed by atoms with Crippen LogP contribution in [-0.4, -0.2) is 44.9 Å². The Labute approximate surface area is 196 Å². The molecule has 1 aliphatic heterocycles. The van der Waals surface area contributed by atoms with Crippen LogP contribution in [0.1, 0.15) is 58.3 Å². The van der Waals surface area contributed by atoms with Crippen molar-refractivity contribution in [1.82, 2.24) is 14.5 Å². The molecular formula is C27H34N4O2. The molecule has 1 aromatic heterocycles. The molecule has 0 bridgehead atoms. The van der Waals surface area contributed by atoms with E-state index in [9.17, 15) is 9.59 Å². The molecule has 0 saturated carbocycles. The lowest BCUT2D eigenvalue weighted by Gasteiger charge is -2.31. The molecular weight excluding hydrogens is 412 g/mol. The average molecular weight is 447 g/mol. The van der Waals surface area contributed by atoms with Gasteiger partial charge in [-0.25, -0.2) is 4.98 Å². The number of carbonyl (C=O) groups excluding carboxylic acids is 2. The maximum absolute atomic E-state index is 13.3. The standard InChI is InChI=1S/C27H34N4O2/c1-6-20-11-13-22(14-12-20)29-16-21(15-25(29)32)27-28-23-9-7-8-10-24(23)30(27)17-26(33)31(18(2)3)19(4)5/h7-14,18-19,21H,6,15-17H2,1-5H3. The highest BCUT2D eigenvalue weighted by Gasteiger charge is 2.35. The van der Waals surface area contributed by atoms with Gasteiger partial charge in [0.05, 0.1) is 11.0 Å². The van der Waals surface area contributed by atoms with Gasteiger partial charge in [-0.15, -0.1) is 0 Å². The minimum Gasteiger partial charge on any atom is -0.336 e. The molecule has 1 fully saturated rings. The summed E-state index contributed by atoms with van der Waals surface area (Å²) in [5, 5.41) is 0. The van der Waals surface area contributed by atoms with Crippen molar-refractivity contribution in [2.75, 3.05) is 11.4 Å². The van der Waals surface area contributed by atoms with Gasteiger partial charge in [-0.3, -0.25) is 9.59 Å². The van der Waals surface area contributed by atoms with Gasteiger partial charge in [-0.05, 0) is 63.9 Å². The molecule has 0 aliphatic carbocycles. The Morgan fingerprint density at radius 2 is 1.73 bits per heavy atom. The molecule has 174 valence electrons. The van der Waals surface area contributed by atoms with Crippen molar-refractivity contribution < 1.29 is 9.59 Å². The lowest BCUT2D eigenvalue weighted by Crippen LogP contribution is -2.44. The minimum atomic E-state index is -0.0601. The van der Waals surface area contributed by atoms with Crippen molar-refractivity contribution in [3.8, 4) is 0 Å². The fourth-order valence-corrected chi connectivity index (χ4v) is 5.00. The van der Waals surface area contributed by atoms with Gasteiger partial charge in [0, 0.05) is 36.7 Å². The van der Waals surface area contributed by atoms with Crippen LogP contribution in [0.25, 0.3) is 11.0 Å². The number of aromatic nitrogens is 2. The Hall–Kier alpha value is -3.15. The summed E-state index contributed by atoms with van der Waals surface area (Å²) < 4.78 is 2.02. The summed E-state index contributed by atoms with van der Waals surface area (Å²) in [4.78, 5) is 34.9. The Kier molecular flexibility index (Phi) is 6.54. The van der Waals surface area contributed by atoms with Gasteiger partial charge in [-0.2, -0.15) is 0 Å². The van der Waals surface area contributed by atoms with E-state index in [2.05, 4.69) is 19.1 Å². The monoisotopic (exact) mass is 446 g/mol. The molecule has 33 heavy (non-hydrogen) atoms. The topological polar surface area (TPSA) is 58.4 Å². The quantitative estimate of drug-likeness (QED) is 0.526. The summed E-state index contributed by atoms with van der Waals surface area (Å²) in [6.45, 7) is 11.1. The zero-order chi connectivity index (χ0) is 23.7. The number of hydrogen-bond donors (Lipinski definition) is 0. The summed E-state index contributed by atoms with van der Waals surface area (Å²) in [5.74, 6) is 0.925. The first-order valence-corrected chi connectivity index (χ1v) is 12.0. The number of fused-ring (bicyclic) bond motifs is 1. The second-order valence-corrected chi connectivity index (χ2v) is 9.46. The van der Waals surface area contributed by atoms with Crippen LogP contribution in [0.4, 0.5) is 5.69 Å². The second-order valence-electron chi connectivity index (χ2n) is 9.46. The zero-order valence-corrected chi connectivity index (χ0v) is 20.3. The van der Waals surface area contributed by atoms with Gasteiger partial charge in [0.15, 0.2) is 0 Å². The fraction of sp³-hybridized carbons (Fsp3) is 0.444. The molecule has 1 unspecified atom stereocenters. The van der Waals surface area contributed by atoms with Crippen molar-refractivity contribution in [2.24, 2.45) is 0 Å². The molecule has 6 nitrogen and oxygen atoms in total. The Morgan fingerprint density at radius 3 is 2.36 bits per heavy atom. The van der Waals surface area contributed by atoms with E-state index < -0.39 is 0 Å². The number of amides is 2. The van der Waals surface area contributed by atoms with Crippen LogP contribution in [0.5, 0.6) is 0 Å². The average Bonchev–Trinajstić information content (AvgIpc) is 3.34. The number of benzene rings is 2. The van der Waals surface area contributed by atoms with E-state index in [0.29, 0.717) is 13.0 Å². The van der Waals surface area contributed by atoms with Gasteiger partial charge >= 0.3 is 0 Å². The number of carbonyl (C=O) groups is 2. The predicted octanol–water partition coefficient (Wildman–Crippen LogP) is 4.76. The summed E-state index contributed by atoms with van der Waals surface area (Å²) in [5.41, 5.74) is 3.97. The first kappa shape index (κ1) is 23.0. The molecule has 1 atom stereocenters. The van der Waals surface area contributed by atoms with Gasteiger partial charge in [0.2, 0.25) is 11.8 Å². The number of aryl methyl sites for hydroxylation is 1. The maximum atomic E-state index is 13.3. The number of nitrogens with zero attached hydrogens (tertiary/aromatic N) is 4. The number of hydrogen-bond acceptors (Lipinski definition) is 3. The van der Waals surface area contributed by atoms with Gasteiger partial charge in [-0.1, -0.05) is 31.2 Å². The Balaban J connectivity index is 1.66. The van der Waals surface area contributed by atoms with E-state index in [1.807, 2.05) is 78.5 Å². The van der Waals surface area contributed by atoms with E-state index in [1.54, 1.807) is 0 Å². The lowest BCUT2D eigenvalue weighted by molar-refractivity contribution is -0.135. The highest BCUT2D eigenvalue weighted by molar-refractivity contribution is 5.96. The SMILES string of the molecule is CCc1ccc(N2CC(c3nc4ccccc4n3CC(=O)N(C(C)C)C(C)C)CC2=O)cc1. The molecule has 4 rings (SSSR count).